The molecule has 0 saturated heterocycles. The van der Waals surface area contributed by atoms with Crippen LogP contribution in [0, 0.1) is 6.92 Å². The summed E-state index contributed by atoms with van der Waals surface area (Å²) in [4.78, 5) is 13.3. The highest BCUT2D eigenvalue weighted by atomic mass is 79.9. The fourth-order valence-corrected chi connectivity index (χ4v) is 5.41. The van der Waals surface area contributed by atoms with Crippen LogP contribution in [0.25, 0.3) is 0 Å². The van der Waals surface area contributed by atoms with Gasteiger partial charge in [-0.2, -0.15) is 4.31 Å². The molecular formula is C25H25BrClNO4S. The van der Waals surface area contributed by atoms with Gasteiger partial charge in [-0.25, -0.2) is 8.42 Å². The maximum Gasteiger partial charge on any atom is 0.278 e. The van der Waals surface area contributed by atoms with Gasteiger partial charge < -0.3 is 4.74 Å². The number of sulfonamides is 1. The summed E-state index contributed by atoms with van der Waals surface area (Å²) in [6, 6.07) is 18.3. The maximum absolute atomic E-state index is 13.5. The molecule has 0 radical (unpaired) electrons. The number of rotatable bonds is 9. The molecule has 0 spiro atoms. The molecule has 0 fully saturated rings. The largest absolute Gasteiger partial charge is 0.483 e. The molecule has 0 bridgehead atoms. The van der Waals surface area contributed by atoms with E-state index >= 15 is 0 Å². The van der Waals surface area contributed by atoms with Crippen LogP contribution >= 0.6 is 27.5 Å². The highest BCUT2D eigenvalue weighted by Gasteiger charge is 2.31. The van der Waals surface area contributed by atoms with Crippen molar-refractivity contribution in [2.24, 2.45) is 0 Å². The zero-order valence-corrected chi connectivity index (χ0v) is 21.6. The first-order valence-electron chi connectivity index (χ1n) is 10.5. The smallest absolute Gasteiger partial charge is 0.278 e. The van der Waals surface area contributed by atoms with E-state index < -0.39 is 22.5 Å². The van der Waals surface area contributed by atoms with Gasteiger partial charge in [0.15, 0.2) is 6.61 Å². The monoisotopic (exact) mass is 549 g/mol. The van der Waals surface area contributed by atoms with Gasteiger partial charge in [0, 0.05) is 5.02 Å². The van der Waals surface area contributed by atoms with Gasteiger partial charge in [-0.15, -0.1) is 0 Å². The van der Waals surface area contributed by atoms with Gasteiger partial charge in [-0.3, -0.25) is 4.79 Å². The van der Waals surface area contributed by atoms with E-state index in [0.717, 1.165) is 34.7 Å². The van der Waals surface area contributed by atoms with Crippen molar-refractivity contribution in [1.82, 2.24) is 0 Å². The van der Waals surface area contributed by atoms with Crippen LogP contribution in [0.1, 0.15) is 30.9 Å². The molecule has 3 aromatic rings. The summed E-state index contributed by atoms with van der Waals surface area (Å²) in [6.07, 6.45) is 2.99. The molecule has 174 valence electrons. The lowest BCUT2D eigenvalue weighted by Crippen LogP contribution is -2.40. The number of hydrogen-bond donors (Lipinski definition) is 0. The van der Waals surface area contributed by atoms with Crippen LogP contribution in [0.3, 0.4) is 0 Å². The zero-order chi connectivity index (χ0) is 24.0. The Hall–Kier alpha value is -2.35. The Morgan fingerprint density at radius 2 is 1.70 bits per heavy atom. The van der Waals surface area contributed by atoms with Gasteiger partial charge in [-0.05, 0) is 83.7 Å². The molecule has 0 aliphatic carbocycles. The Labute approximate surface area is 208 Å². The second kappa shape index (κ2) is 11.2. The molecule has 0 atom stereocenters. The number of carbonyl (C=O) groups excluding carboxylic acids is 1. The molecule has 3 rings (SSSR count). The van der Waals surface area contributed by atoms with Crippen LogP contribution in [-0.4, -0.2) is 20.9 Å². The fraction of sp³-hybridized carbons (Fsp3) is 0.240. The summed E-state index contributed by atoms with van der Waals surface area (Å²) < 4.78 is 34.0. The molecule has 0 saturated carbocycles. The van der Waals surface area contributed by atoms with Gasteiger partial charge >= 0.3 is 0 Å². The SMILES string of the molecule is CCCCc1ccc(N(C(=O)COc2ccc(Cl)cc2Br)S(=O)(=O)c2ccc(C)cc2)cc1. The van der Waals surface area contributed by atoms with Gasteiger partial charge in [0.2, 0.25) is 0 Å². The van der Waals surface area contributed by atoms with E-state index in [1.165, 1.54) is 12.1 Å². The number of aryl methyl sites for hydroxylation is 2. The average Bonchev–Trinajstić information content (AvgIpc) is 2.78. The molecule has 1 amide bonds. The highest BCUT2D eigenvalue weighted by Crippen LogP contribution is 2.29. The molecule has 0 aliphatic rings. The Kier molecular flexibility index (Phi) is 8.57. The predicted molar refractivity (Wildman–Crippen MR) is 136 cm³/mol. The number of amides is 1. The van der Waals surface area contributed by atoms with Crippen molar-refractivity contribution in [3.63, 3.8) is 0 Å². The fourth-order valence-electron chi connectivity index (χ4n) is 3.20. The maximum atomic E-state index is 13.5. The summed E-state index contributed by atoms with van der Waals surface area (Å²) >= 11 is 9.29. The Balaban J connectivity index is 1.93. The summed E-state index contributed by atoms with van der Waals surface area (Å²) in [5, 5.41) is 0.507. The van der Waals surface area contributed by atoms with Crippen LogP contribution < -0.4 is 9.04 Å². The molecule has 0 aromatic heterocycles. The number of unbranched alkanes of at least 4 members (excludes halogenated alkanes) is 1. The second-order valence-electron chi connectivity index (χ2n) is 7.61. The molecule has 3 aromatic carbocycles. The normalized spacial score (nSPS) is 11.3. The van der Waals surface area contributed by atoms with E-state index in [-0.39, 0.29) is 10.6 Å². The van der Waals surface area contributed by atoms with Crippen molar-refractivity contribution in [2.45, 2.75) is 38.0 Å². The van der Waals surface area contributed by atoms with Crippen molar-refractivity contribution in [3.05, 3.63) is 87.4 Å². The van der Waals surface area contributed by atoms with Gasteiger partial charge in [-0.1, -0.05) is 54.8 Å². The number of benzene rings is 3. The van der Waals surface area contributed by atoms with Gasteiger partial charge in [0.1, 0.15) is 5.75 Å². The van der Waals surface area contributed by atoms with Crippen LogP contribution in [0.4, 0.5) is 5.69 Å². The Morgan fingerprint density at radius 3 is 2.30 bits per heavy atom. The molecule has 8 heteroatoms. The third-order valence-electron chi connectivity index (χ3n) is 5.02. The average molecular weight is 551 g/mol. The van der Waals surface area contributed by atoms with Crippen LogP contribution in [0.2, 0.25) is 5.02 Å². The molecular weight excluding hydrogens is 526 g/mol. The number of ether oxygens (including phenoxy) is 1. The topological polar surface area (TPSA) is 63.7 Å². The van der Waals surface area contributed by atoms with Crippen molar-refractivity contribution < 1.29 is 17.9 Å². The third kappa shape index (κ3) is 6.37. The predicted octanol–water partition coefficient (Wildman–Crippen LogP) is 6.55. The summed E-state index contributed by atoms with van der Waals surface area (Å²) in [5.41, 5.74) is 2.27. The van der Waals surface area contributed by atoms with E-state index in [1.807, 2.05) is 19.1 Å². The second-order valence-corrected chi connectivity index (χ2v) is 10.7. The first kappa shape index (κ1) is 25.3. The highest BCUT2D eigenvalue weighted by molar-refractivity contribution is 9.10. The van der Waals surface area contributed by atoms with Crippen molar-refractivity contribution >= 4 is 49.1 Å². The number of anilines is 1. The third-order valence-corrected chi connectivity index (χ3v) is 7.64. The van der Waals surface area contributed by atoms with Gasteiger partial charge in [0.25, 0.3) is 15.9 Å². The Bertz CT molecular complexity index is 1210. The zero-order valence-electron chi connectivity index (χ0n) is 18.4. The lowest BCUT2D eigenvalue weighted by atomic mass is 10.1. The van der Waals surface area contributed by atoms with Crippen molar-refractivity contribution in [2.75, 3.05) is 10.9 Å². The lowest BCUT2D eigenvalue weighted by molar-refractivity contribution is -0.119. The summed E-state index contributed by atoms with van der Waals surface area (Å²) in [7, 11) is -4.15. The summed E-state index contributed by atoms with van der Waals surface area (Å²) in [6.45, 7) is 3.51. The minimum Gasteiger partial charge on any atom is -0.483 e. The summed E-state index contributed by atoms with van der Waals surface area (Å²) in [5.74, 6) is -0.325. The molecule has 33 heavy (non-hydrogen) atoms. The number of hydrogen-bond acceptors (Lipinski definition) is 4. The molecule has 0 N–H and O–H groups in total. The van der Waals surface area contributed by atoms with E-state index in [1.54, 1.807) is 42.5 Å². The van der Waals surface area contributed by atoms with Gasteiger partial charge in [0.05, 0.1) is 15.1 Å². The standard InChI is InChI=1S/C25H25BrClNO4S/c1-3-4-5-19-8-11-21(12-9-19)28(33(30,31)22-13-6-18(2)7-14-22)25(29)17-32-24-15-10-20(27)16-23(24)26/h6-16H,3-5,17H2,1-2H3. The van der Waals surface area contributed by atoms with Crippen molar-refractivity contribution in [3.8, 4) is 5.75 Å². The van der Waals surface area contributed by atoms with E-state index in [2.05, 4.69) is 22.9 Å². The molecule has 0 heterocycles. The molecule has 0 aliphatic heterocycles. The number of carbonyl (C=O) groups is 1. The van der Waals surface area contributed by atoms with Crippen molar-refractivity contribution in [1.29, 1.82) is 0 Å². The van der Waals surface area contributed by atoms with E-state index in [9.17, 15) is 13.2 Å². The minimum atomic E-state index is -4.15. The molecule has 0 unspecified atom stereocenters. The molecule has 5 nitrogen and oxygen atoms in total. The first-order valence-corrected chi connectivity index (χ1v) is 13.1. The van der Waals surface area contributed by atoms with E-state index in [0.29, 0.717) is 15.2 Å². The first-order chi connectivity index (χ1) is 15.7. The number of nitrogens with zero attached hydrogens (tertiary/aromatic N) is 1. The Morgan fingerprint density at radius 1 is 1.03 bits per heavy atom. The van der Waals surface area contributed by atoms with Crippen LogP contribution in [0.15, 0.2) is 76.1 Å². The van der Waals surface area contributed by atoms with Crippen LogP contribution in [-0.2, 0) is 21.2 Å². The minimum absolute atomic E-state index is 0.0317. The van der Waals surface area contributed by atoms with Crippen LogP contribution in [0.5, 0.6) is 5.75 Å². The van der Waals surface area contributed by atoms with E-state index in [4.69, 9.17) is 16.3 Å². The quantitative estimate of drug-likeness (QED) is 0.303. The number of halogens is 2. The lowest BCUT2D eigenvalue weighted by Gasteiger charge is -2.23.